The normalized spacial score (nSPS) is 31.5. The van der Waals surface area contributed by atoms with Crippen LogP contribution in [-0.2, 0) is 14.3 Å². The summed E-state index contributed by atoms with van der Waals surface area (Å²) >= 11 is 0. The Bertz CT molecular complexity index is 291. The van der Waals surface area contributed by atoms with Gasteiger partial charge >= 0.3 is 5.97 Å². The highest BCUT2D eigenvalue weighted by Crippen LogP contribution is 2.38. The van der Waals surface area contributed by atoms with E-state index in [1.165, 1.54) is 6.92 Å². The summed E-state index contributed by atoms with van der Waals surface area (Å²) in [4.78, 5) is 22.0. The SMILES string of the molecule is CC(=O)OC1=C[C@@H]2CC[C@H]1CC2=O. The monoisotopic (exact) mass is 180 g/mol. The van der Waals surface area contributed by atoms with Crippen molar-refractivity contribution in [1.29, 1.82) is 0 Å². The topological polar surface area (TPSA) is 43.4 Å². The molecule has 1 saturated carbocycles. The number of Topliss-reactive ketones (excluding diaryl/α,β-unsaturated/α-hetero) is 1. The molecule has 3 aliphatic rings. The second kappa shape index (κ2) is 2.98. The van der Waals surface area contributed by atoms with Crippen molar-refractivity contribution in [3.63, 3.8) is 0 Å². The molecule has 0 aromatic rings. The summed E-state index contributed by atoms with van der Waals surface area (Å²) in [5, 5.41) is 0. The largest absolute Gasteiger partial charge is 0.431 e. The first-order chi connectivity index (χ1) is 6.16. The van der Waals surface area contributed by atoms with Gasteiger partial charge in [-0.1, -0.05) is 0 Å². The Labute approximate surface area is 76.8 Å². The second-order valence-electron chi connectivity index (χ2n) is 3.71. The van der Waals surface area contributed by atoms with Gasteiger partial charge in [0.2, 0.25) is 0 Å². The predicted molar refractivity (Wildman–Crippen MR) is 45.7 cm³/mol. The van der Waals surface area contributed by atoms with E-state index in [2.05, 4.69) is 0 Å². The van der Waals surface area contributed by atoms with Crippen LogP contribution in [0.25, 0.3) is 0 Å². The van der Waals surface area contributed by atoms with Crippen molar-refractivity contribution in [3.8, 4) is 0 Å². The molecule has 2 bridgehead atoms. The lowest BCUT2D eigenvalue weighted by atomic mass is 9.74. The van der Waals surface area contributed by atoms with E-state index in [4.69, 9.17) is 4.74 Å². The summed E-state index contributed by atoms with van der Waals surface area (Å²) in [5.74, 6) is 0.919. The average Bonchev–Trinajstić information content (AvgIpc) is 2.05. The number of esters is 1. The summed E-state index contributed by atoms with van der Waals surface area (Å²) in [5.41, 5.74) is 0. The quantitative estimate of drug-likeness (QED) is 0.573. The van der Waals surface area contributed by atoms with E-state index >= 15 is 0 Å². The van der Waals surface area contributed by atoms with Gasteiger partial charge in [-0.05, 0) is 18.9 Å². The highest BCUT2D eigenvalue weighted by Gasteiger charge is 2.36. The Kier molecular flexibility index (Phi) is 1.94. The molecule has 0 N–H and O–H groups in total. The fourth-order valence-corrected chi connectivity index (χ4v) is 2.07. The number of carbonyl (C=O) groups excluding carboxylic acids is 2. The summed E-state index contributed by atoms with van der Waals surface area (Å²) in [6.45, 7) is 1.39. The minimum atomic E-state index is -0.286. The maximum Gasteiger partial charge on any atom is 0.307 e. The third-order valence-electron chi connectivity index (χ3n) is 2.72. The van der Waals surface area contributed by atoms with E-state index in [1.54, 1.807) is 0 Å². The molecule has 0 aromatic heterocycles. The van der Waals surface area contributed by atoms with Crippen molar-refractivity contribution < 1.29 is 14.3 Å². The van der Waals surface area contributed by atoms with Crippen LogP contribution in [-0.4, -0.2) is 11.8 Å². The number of rotatable bonds is 1. The van der Waals surface area contributed by atoms with Gasteiger partial charge in [-0.25, -0.2) is 0 Å². The van der Waals surface area contributed by atoms with Crippen LogP contribution in [0, 0.1) is 11.8 Å². The molecule has 70 valence electrons. The Morgan fingerprint density at radius 1 is 1.54 bits per heavy atom. The zero-order valence-electron chi connectivity index (χ0n) is 7.58. The van der Waals surface area contributed by atoms with E-state index < -0.39 is 0 Å². The molecule has 0 heterocycles. The van der Waals surface area contributed by atoms with E-state index in [0.717, 1.165) is 18.6 Å². The van der Waals surface area contributed by atoms with Gasteiger partial charge < -0.3 is 4.74 Å². The molecule has 3 nitrogen and oxygen atoms in total. The standard InChI is InChI=1S/C10H12O3/c1-6(11)13-10-5-7-2-3-8(10)4-9(7)12/h5,7-8H,2-4H2,1H3/t7-,8-/m0/s1. The third kappa shape index (κ3) is 1.50. The lowest BCUT2D eigenvalue weighted by molar-refractivity contribution is -0.140. The maximum atomic E-state index is 11.3. The fourth-order valence-electron chi connectivity index (χ4n) is 2.07. The van der Waals surface area contributed by atoms with Crippen LogP contribution >= 0.6 is 0 Å². The van der Waals surface area contributed by atoms with Crippen LogP contribution in [0.5, 0.6) is 0 Å². The van der Waals surface area contributed by atoms with Gasteiger partial charge in [0.25, 0.3) is 0 Å². The number of carbonyl (C=O) groups is 2. The number of ketones is 1. The molecule has 0 unspecified atom stereocenters. The summed E-state index contributed by atoms with van der Waals surface area (Å²) in [6.07, 6.45) is 4.29. The number of ether oxygens (including phenoxy) is 1. The Balaban J connectivity index is 2.17. The van der Waals surface area contributed by atoms with Crippen LogP contribution in [0.4, 0.5) is 0 Å². The lowest BCUT2D eigenvalue weighted by Crippen LogP contribution is -2.31. The minimum Gasteiger partial charge on any atom is -0.431 e. The Morgan fingerprint density at radius 3 is 2.77 bits per heavy atom. The average molecular weight is 180 g/mol. The second-order valence-corrected chi connectivity index (χ2v) is 3.71. The molecule has 3 heteroatoms. The molecule has 3 aliphatic carbocycles. The van der Waals surface area contributed by atoms with Crippen molar-refractivity contribution >= 4 is 11.8 Å². The van der Waals surface area contributed by atoms with E-state index in [-0.39, 0.29) is 17.8 Å². The Morgan fingerprint density at radius 2 is 2.31 bits per heavy atom. The number of hydrogen-bond donors (Lipinski definition) is 0. The molecule has 0 aliphatic heterocycles. The first-order valence-electron chi connectivity index (χ1n) is 4.59. The van der Waals surface area contributed by atoms with Gasteiger partial charge in [0.1, 0.15) is 11.5 Å². The first-order valence-corrected chi connectivity index (χ1v) is 4.59. The molecule has 2 atom stereocenters. The van der Waals surface area contributed by atoms with Gasteiger partial charge in [0.15, 0.2) is 0 Å². The molecule has 0 amide bonds. The van der Waals surface area contributed by atoms with Gasteiger partial charge in [-0.15, -0.1) is 0 Å². The number of allylic oxidation sites excluding steroid dienone is 2. The zero-order chi connectivity index (χ0) is 9.42. The maximum absolute atomic E-state index is 11.3. The highest BCUT2D eigenvalue weighted by atomic mass is 16.5. The third-order valence-corrected chi connectivity index (χ3v) is 2.72. The van der Waals surface area contributed by atoms with Crippen LogP contribution in [0.3, 0.4) is 0 Å². The van der Waals surface area contributed by atoms with Crippen molar-refractivity contribution in [1.82, 2.24) is 0 Å². The zero-order valence-corrected chi connectivity index (χ0v) is 7.58. The summed E-state index contributed by atoms with van der Waals surface area (Å²) < 4.78 is 5.04. The van der Waals surface area contributed by atoms with Gasteiger partial charge in [0.05, 0.1) is 0 Å². The lowest BCUT2D eigenvalue weighted by Gasteiger charge is -2.32. The summed E-state index contributed by atoms with van der Waals surface area (Å²) in [6, 6.07) is 0. The van der Waals surface area contributed by atoms with Gasteiger partial charge in [-0.3, -0.25) is 9.59 Å². The number of fused-ring (bicyclic) bond motifs is 2. The minimum absolute atomic E-state index is 0.0133. The van der Waals surface area contributed by atoms with Crippen molar-refractivity contribution in [2.24, 2.45) is 11.8 Å². The van der Waals surface area contributed by atoms with E-state index in [9.17, 15) is 9.59 Å². The predicted octanol–water partition coefficient (Wildman–Crippen LogP) is 1.43. The van der Waals surface area contributed by atoms with Crippen LogP contribution < -0.4 is 0 Å². The molecule has 3 rings (SSSR count). The molecule has 1 fully saturated rings. The van der Waals surface area contributed by atoms with Crippen LogP contribution in [0.2, 0.25) is 0 Å². The molecule has 0 spiro atoms. The highest BCUT2D eigenvalue weighted by molar-refractivity contribution is 5.85. The summed E-state index contributed by atoms with van der Waals surface area (Å²) in [7, 11) is 0. The van der Waals surface area contributed by atoms with Gasteiger partial charge in [0, 0.05) is 25.2 Å². The van der Waals surface area contributed by atoms with E-state index in [1.807, 2.05) is 6.08 Å². The van der Waals surface area contributed by atoms with Crippen LogP contribution in [0.15, 0.2) is 11.8 Å². The molecule has 0 aromatic carbocycles. The fraction of sp³-hybridized carbons (Fsp3) is 0.600. The molecular formula is C10H12O3. The molecular weight excluding hydrogens is 168 g/mol. The van der Waals surface area contributed by atoms with E-state index in [0.29, 0.717) is 12.2 Å². The Hall–Kier alpha value is -1.12. The molecule has 0 radical (unpaired) electrons. The number of hydrogen-bond acceptors (Lipinski definition) is 3. The van der Waals surface area contributed by atoms with Crippen molar-refractivity contribution in [2.75, 3.05) is 0 Å². The smallest absolute Gasteiger partial charge is 0.307 e. The molecule has 13 heavy (non-hydrogen) atoms. The van der Waals surface area contributed by atoms with Crippen LogP contribution in [0.1, 0.15) is 26.2 Å². The van der Waals surface area contributed by atoms with Crippen molar-refractivity contribution in [3.05, 3.63) is 11.8 Å². The molecule has 0 saturated heterocycles. The van der Waals surface area contributed by atoms with Gasteiger partial charge in [-0.2, -0.15) is 0 Å². The first kappa shape index (κ1) is 8.48. The van der Waals surface area contributed by atoms with Crippen molar-refractivity contribution in [2.45, 2.75) is 26.2 Å².